The number of halogens is 1. The van der Waals surface area contributed by atoms with Gasteiger partial charge < -0.3 is 5.32 Å². The van der Waals surface area contributed by atoms with Crippen LogP contribution in [0.5, 0.6) is 0 Å². The normalized spacial score (nSPS) is 37.1. The molecule has 4 bridgehead atoms. The first kappa shape index (κ1) is 14.2. The summed E-state index contributed by atoms with van der Waals surface area (Å²) >= 11 is 0. The summed E-state index contributed by atoms with van der Waals surface area (Å²) in [7, 11) is 0. The van der Waals surface area contributed by atoms with Crippen LogP contribution in [0.3, 0.4) is 0 Å². The van der Waals surface area contributed by atoms with Crippen molar-refractivity contribution >= 4 is 5.91 Å². The molecule has 22 heavy (non-hydrogen) atoms. The van der Waals surface area contributed by atoms with Crippen LogP contribution in [-0.4, -0.2) is 11.9 Å². The van der Waals surface area contributed by atoms with Gasteiger partial charge in [0.15, 0.2) is 0 Å². The van der Waals surface area contributed by atoms with Crippen molar-refractivity contribution in [2.24, 2.45) is 23.2 Å². The monoisotopic (exact) mass is 301 g/mol. The fraction of sp³-hybridized carbons (Fsp3) is 0.632. The Kier molecular flexibility index (Phi) is 3.28. The summed E-state index contributed by atoms with van der Waals surface area (Å²) in [5.74, 6) is 1.89. The number of carbonyl (C=O) groups excluding carboxylic acids is 1. The van der Waals surface area contributed by atoms with Gasteiger partial charge in [-0.2, -0.15) is 0 Å². The first-order chi connectivity index (χ1) is 10.6. The van der Waals surface area contributed by atoms with Crippen LogP contribution >= 0.6 is 0 Å². The highest BCUT2D eigenvalue weighted by molar-refractivity contribution is 5.94. The van der Waals surface area contributed by atoms with Crippen LogP contribution in [0.15, 0.2) is 24.3 Å². The Labute approximate surface area is 131 Å². The summed E-state index contributed by atoms with van der Waals surface area (Å²) < 4.78 is 13.8. The van der Waals surface area contributed by atoms with Gasteiger partial charge in [-0.1, -0.05) is 12.1 Å². The molecule has 118 valence electrons. The lowest BCUT2D eigenvalue weighted by Crippen LogP contribution is -2.55. The van der Waals surface area contributed by atoms with Crippen molar-refractivity contribution in [1.29, 1.82) is 0 Å². The lowest BCUT2D eigenvalue weighted by atomic mass is 9.48. The van der Waals surface area contributed by atoms with E-state index in [1.54, 1.807) is 18.2 Å². The molecule has 4 aliphatic carbocycles. The summed E-state index contributed by atoms with van der Waals surface area (Å²) in [4.78, 5) is 12.4. The van der Waals surface area contributed by atoms with E-state index in [1.165, 1.54) is 44.6 Å². The molecule has 0 aromatic heterocycles. The number of nitrogens with one attached hydrogen (secondary N) is 1. The zero-order chi connectivity index (χ0) is 15.3. The van der Waals surface area contributed by atoms with E-state index >= 15 is 0 Å². The molecule has 0 saturated heterocycles. The molecule has 3 heteroatoms. The summed E-state index contributed by atoms with van der Waals surface area (Å²) in [5.41, 5.74) is 0.425. The van der Waals surface area contributed by atoms with Gasteiger partial charge in [0.05, 0.1) is 5.56 Å². The molecule has 4 fully saturated rings. The number of benzene rings is 1. The van der Waals surface area contributed by atoms with Crippen molar-refractivity contribution in [3.05, 3.63) is 35.6 Å². The van der Waals surface area contributed by atoms with E-state index in [4.69, 9.17) is 0 Å². The Hall–Kier alpha value is -1.38. The Morgan fingerprint density at radius 2 is 1.68 bits per heavy atom. The molecule has 1 atom stereocenters. The topological polar surface area (TPSA) is 29.1 Å². The molecule has 2 nitrogen and oxygen atoms in total. The maximum atomic E-state index is 13.8. The lowest BCUT2D eigenvalue weighted by Gasteiger charge is -2.59. The maximum absolute atomic E-state index is 13.8. The van der Waals surface area contributed by atoms with Gasteiger partial charge >= 0.3 is 0 Å². The van der Waals surface area contributed by atoms with Gasteiger partial charge in [-0.3, -0.25) is 4.79 Å². The minimum absolute atomic E-state index is 0.132. The highest BCUT2D eigenvalue weighted by atomic mass is 19.1. The zero-order valence-electron chi connectivity index (χ0n) is 13.1. The van der Waals surface area contributed by atoms with E-state index in [2.05, 4.69) is 12.2 Å². The van der Waals surface area contributed by atoms with E-state index in [1.807, 2.05) is 0 Å². The number of carbonyl (C=O) groups is 1. The molecule has 1 aromatic carbocycles. The summed E-state index contributed by atoms with van der Waals surface area (Å²) in [6.07, 6.45) is 7.93. The third kappa shape index (κ3) is 2.26. The molecule has 1 N–H and O–H groups in total. The van der Waals surface area contributed by atoms with Gasteiger partial charge in [-0.05, 0) is 80.8 Å². The molecule has 4 saturated carbocycles. The maximum Gasteiger partial charge on any atom is 0.254 e. The molecule has 1 aromatic rings. The highest BCUT2D eigenvalue weighted by Crippen LogP contribution is 2.61. The molecule has 5 rings (SSSR count). The Balaban J connectivity index is 1.52. The second-order valence-corrected chi connectivity index (χ2v) is 7.95. The van der Waals surface area contributed by atoms with Crippen molar-refractivity contribution in [2.45, 2.75) is 51.5 Å². The second-order valence-electron chi connectivity index (χ2n) is 7.95. The Morgan fingerprint density at radius 1 is 1.14 bits per heavy atom. The molecule has 4 aliphatic rings. The average molecular weight is 301 g/mol. The smallest absolute Gasteiger partial charge is 0.254 e. The van der Waals surface area contributed by atoms with Gasteiger partial charge in [0.2, 0.25) is 0 Å². The fourth-order valence-electron chi connectivity index (χ4n) is 5.78. The molecule has 0 heterocycles. The van der Waals surface area contributed by atoms with Crippen LogP contribution in [0.25, 0.3) is 0 Å². The van der Waals surface area contributed by atoms with Gasteiger partial charge in [0.1, 0.15) is 5.82 Å². The summed E-state index contributed by atoms with van der Waals surface area (Å²) in [6, 6.07) is 6.39. The number of hydrogen-bond donors (Lipinski definition) is 1. The van der Waals surface area contributed by atoms with E-state index < -0.39 is 5.82 Å². The van der Waals surface area contributed by atoms with Gasteiger partial charge in [-0.15, -0.1) is 0 Å². The molecule has 1 unspecified atom stereocenters. The fourth-order valence-corrected chi connectivity index (χ4v) is 5.78. The molecular formula is C19H24FNO. The zero-order valence-corrected chi connectivity index (χ0v) is 13.1. The van der Waals surface area contributed by atoms with Crippen LogP contribution in [0.1, 0.15) is 55.8 Å². The Morgan fingerprint density at radius 3 is 2.23 bits per heavy atom. The predicted molar refractivity (Wildman–Crippen MR) is 83.9 cm³/mol. The van der Waals surface area contributed by atoms with Crippen LogP contribution in [-0.2, 0) is 0 Å². The number of rotatable bonds is 3. The van der Waals surface area contributed by atoms with Gasteiger partial charge in [0, 0.05) is 6.04 Å². The molecule has 1 amide bonds. The Bertz CT molecular complexity index is 562. The molecule has 0 aliphatic heterocycles. The second kappa shape index (κ2) is 5.07. The van der Waals surface area contributed by atoms with Gasteiger partial charge in [-0.25, -0.2) is 4.39 Å². The standard InChI is InChI=1S/C19H24FNO/c1-12(21-18(22)16-4-2-3-5-17(16)20)19-9-13-6-14(10-19)8-15(7-13)11-19/h2-5,12-15H,6-11H2,1H3,(H,21,22). The largest absolute Gasteiger partial charge is 0.349 e. The predicted octanol–water partition coefficient (Wildman–Crippen LogP) is 4.16. The van der Waals surface area contributed by atoms with E-state index in [-0.39, 0.29) is 22.9 Å². The van der Waals surface area contributed by atoms with Crippen molar-refractivity contribution < 1.29 is 9.18 Å². The quantitative estimate of drug-likeness (QED) is 0.892. The third-order valence-electron chi connectivity index (χ3n) is 6.47. The van der Waals surface area contributed by atoms with Crippen molar-refractivity contribution in [2.75, 3.05) is 0 Å². The SMILES string of the molecule is CC(NC(=O)c1ccccc1F)C12CC3CC(CC(C3)C1)C2. The lowest BCUT2D eigenvalue weighted by molar-refractivity contribution is -0.0688. The van der Waals surface area contributed by atoms with Crippen molar-refractivity contribution in [3.63, 3.8) is 0 Å². The minimum atomic E-state index is -0.433. The third-order valence-corrected chi connectivity index (χ3v) is 6.47. The van der Waals surface area contributed by atoms with Crippen molar-refractivity contribution in [3.8, 4) is 0 Å². The van der Waals surface area contributed by atoms with E-state index in [9.17, 15) is 9.18 Å². The van der Waals surface area contributed by atoms with Gasteiger partial charge in [0.25, 0.3) is 5.91 Å². The highest BCUT2D eigenvalue weighted by Gasteiger charge is 2.53. The van der Waals surface area contributed by atoms with E-state index in [0.29, 0.717) is 0 Å². The minimum Gasteiger partial charge on any atom is -0.349 e. The van der Waals surface area contributed by atoms with Crippen LogP contribution < -0.4 is 5.32 Å². The van der Waals surface area contributed by atoms with E-state index in [0.717, 1.165) is 17.8 Å². The van der Waals surface area contributed by atoms with Crippen LogP contribution in [0.2, 0.25) is 0 Å². The molecule has 0 spiro atoms. The molecule has 0 radical (unpaired) electrons. The number of hydrogen-bond acceptors (Lipinski definition) is 1. The van der Waals surface area contributed by atoms with Crippen molar-refractivity contribution in [1.82, 2.24) is 5.32 Å². The van der Waals surface area contributed by atoms with Crippen LogP contribution in [0.4, 0.5) is 4.39 Å². The summed E-state index contributed by atoms with van der Waals surface area (Å²) in [5, 5.41) is 3.12. The molecular weight excluding hydrogens is 277 g/mol. The van der Waals surface area contributed by atoms with Crippen LogP contribution in [0, 0.1) is 29.0 Å². The first-order valence-electron chi connectivity index (χ1n) is 8.61. The average Bonchev–Trinajstić information content (AvgIpc) is 2.46. The number of amides is 1. The summed E-state index contributed by atoms with van der Waals surface area (Å²) in [6.45, 7) is 2.13. The first-order valence-corrected chi connectivity index (χ1v) is 8.61.